The molecule has 1 N–H and O–H groups in total. The Morgan fingerprint density at radius 2 is 2.06 bits per heavy atom. The second-order valence-electron chi connectivity index (χ2n) is 4.34. The van der Waals surface area contributed by atoms with Crippen LogP contribution in [0.3, 0.4) is 0 Å². The van der Waals surface area contributed by atoms with Crippen molar-refractivity contribution in [1.29, 1.82) is 0 Å². The molecule has 2 aromatic carbocycles. The van der Waals surface area contributed by atoms with Gasteiger partial charge in [-0.25, -0.2) is 0 Å². The van der Waals surface area contributed by atoms with E-state index < -0.39 is 0 Å². The van der Waals surface area contributed by atoms with Crippen LogP contribution in [-0.2, 0) is 0 Å². The molecule has 0 aliphatic carbocycles. The molecular formula is C15H14N2. The van der Waals surface area contributed by atoms with Crippen LogP contribution in [0.2, 0.25) is 0 Å². The molecule has 0 radical (unpaired) electrons. The third-order valence-corrected chi connectivity index (χ3v) is 3.15. The summed E-state index contributed by atoms with van der Waals surface area (Å²) in [4.78, 5) is 2.27. The lowest BCUT2D eigenvalue weighted by molar-refractivity contribution is 0.840. The van der Waals surface area contributed by atoms with E-state index in [2.05, 4.69) is 60.5 Å². The van der Waals surface area contributed by atoms with Crippen LogP contribution in [-0.4, -0.2) is 6.17 Å². The molecule has 17 heavy (non-hydrogen) atoms. The van der Waals surface area contributed by atoms with Gasteiger partial charge in [-0.15, -0.1) is 0 Å². The van der Waals surface area contributed by atoms with Crippen molar-refractivity contribution in [3.8, 4) is 0 Å². The molecule has 2 heteroatoms. The van der Waals surface area contributed by atoms with Gasteiger partial charge in [0.25, 0.3) is 0 Å². The fourth-order valence-electron chi connectivity index (χ4n) is 2.33. The Labute approximate surface area is 102 Å². The first-order valence-electron chi connectivity index (χ1n) is 5.81. The summed E-state index contributed by atoms with van der Waals surface area (Å²) < 4.78 is 0. The molecule has 0 spiro atoms. The minimum Gasteiger partial charge on any atom is -0.363 e. The topological polar surface area (TPSA) is 15.3 Å². The zero-order valence-electron chi connectivity index (χ0n) is 9.99. The minimum absolute atomic E-state index is 0.248. The van der Waals surface area contributed by atoms with Gasteiger partial charge < -0.3 is 10.2 Å². The van der Waals surface area contributed by atoms with Crippen LogP contribution in [0.5, 0.6) is 0 Å². The Kier molecular flexibility index (Phi) is 2.19. The van der Waals surface area contributed by atoms with E-state index in [1.807, 2.05) is 12.1 Å². The zero-order chi connectivity index (χ0) is 11.8. The number of benzene rings is 1. The van der Waals surface area contributed by atoms with Gasteiger partial charge >= 0.3 is 0 Å². The molecular weight excluding hydrogens is 208 g/mol. The van der Waals surface area contributed by atoms with E-state index in [1.165, 1.54) is 11.3 Å². The molecule has 0 amide bonds. The van der Waals surface area contributed by atoms with Crippen LogP contribution < -0.4 is 10.2 Å². The number of nitrogens with one attached hydrogen (secondary N) is 1. The summed E-state index contributed by atoms with van der Waals surface area (Å²) in [6, 6.07) is 18.6. The van der Waals surface area contributed by atoms with E-state index in [9.17, 15) is 0 Å². The fourth-order valence-corrected chi connectivity index (χ4v) is 2.33. The summed E-state index contributed by atoms with van der Waals surface area (Å²) in [5.41, 5.74) is 4.70. The molecule has 1 aliphatic heterocycles. The third kappa shape index (κ3) is 1.52. The Bertz CT molecular complexity index is 548. The highest BCUT2D eigenvalue weighted by Crippen LogP contribution is 2.39. The Morgan fingerprint density at radius 1 is 1.24 bits per heavy atom. The second kappa shape index (κ2) is 3.71. The molecule has 0 aromatic heterocycles. The molecule has 0 bridgehead atoms. The van der Waals surface area contributed by atoms with Crippen LogP contribution in [0.4, 0.5) is 17.1 Å². The van der Waals surface area contributed by atoms with Gasteiger partial charge in [0.05, 0.1) is 5.69 Å². The fraction of sp³-hybridized carbons (Fsp3) is 0.200. The van der Waals surface area contributed by atoms with E-state index in [0.717, 1.165) is 11.4 Å². The van der Waals surface area contributed by atoms with E-state index in [4.69, 9.17) is 0 Å². The van der Waals surface area contributed by atoms with Crippen molar-refractivity contribution in [2.45, 2.75) is 20.0 Å². The quantitative estimate of drug-likeness (QED) is 0.794. The molecule has 3 rings (SSSR count). The first-order chi connectivity index (χ1) is 8.27. The summed E-state index contributed by atoms with van der Waals surface area (Å²) in [5.74, 6) is 0. The largest absolute Gasteiger partial charge is 0.363 e. The standard InChI is InChI=1S/C15H14N2/c1-11-7-3-5-9-14(11)17-12(2)16-13-8-4-6-10-15(13)17/h3-5,7-9,12,16H,1-2H3/t12-/m0/s1. The monoisotopic (exact) mass is 222 g/mol. The molecule has 1 atom stereocenters. The first kappa shape index (κ1) is 10.0. The third-order valence-electron chi connectivity index (χ3n) is 3.15. The smallest absolute Gasteiger partial charge is 0.118 e. The van der Waals surface area contributed by atoms with Gasteiger partial charge in [-0.05, 0) is 43.7 Å². The number of aryl methyl sites for hydroxylation is 1. The number of para-hydroxylation sites is 1. The van der Waals surface area contributed by atoms with Gasteiger partial charge in [0.1, 0.15) is 11.9 Å². The number of hydrogen-bond acceptors (Lipinski definition) is 2. The molecule has 84 valence electrons. The van der Waals surface area contributed by atoms with E-state index in [-0.39, 0.29) is 6.17 Å². The van der Waals surface area contributed by atoms with Crippen LogP contribution >= 0.6 is 0 Å². The average molecular weight is 222 g/mol. The molecule has 0 fully saturated rings. The maximum absolute atomic E-state index is 3.45. The van der Waals surface area contributed by atoms with Crippen molar-refractivity contribution in [3.05, 3.63) is 54.1 Å². The predicted octanol–water partition coefficient (Wildman–Crippen LogP) is 3.51. The second-order valence-corrected chi connectivity index (χ2v) is 4.34. The maximum atomic E-state index is 3.45. The van der Waals surface area contributed by atoms with Gasteiger partial charge in [-0.1, -0.05) is 24.3 Å². The van der Waals surface area contributed by atoms with E-state index in [1.54, 1.807) is 0 Å². The van der Waals surface area contributed by atoms with Gasteiger partial charge in [-0.2, -0.15) is 0 Å². The molecule has 1 heterocycles. The highest BCUT2D eigenvalue weighted by Gasteiger charge is 2.27. The number of anilines is 3. The van der Waals surface area contributed by atoms with Crippen LogP contribution in [0.25, 0.3) is 0 Å². The van der Waals surface area contributed by atoms with Crippen molar-refractivity contribution in [2.24, 2.45) is 0 Å². The van der Waals surface area contributed by atoms with Crippen molar-refractivity contribution < 1.29 is 0 Å². The lowest BCUT2D eigenvalue weighted by Crippen LogP contribution is -2.28. The van der Waals surface area contributed by atoms with Crippen molar-refractivity contribution in [3.63, 3.8) is 0 Å². The normalized spacial score (nSPS) is 17.3. The zero-order valence-corrected chi connectivity index (χ0v) is 9.99. The Hall–Kier alpha value is -2.14. The Morgan fingerprint density at radius 3 is 2.88 bits per heavy atom. The highest BCUT2D eigenvalue weighted by molar-refractivity contribution is 5.81. The van der Waals surface area contributed by atoms with Gasteiger partial charge in [0.15, 0.2) is 0 Å². The molecule has 2 nitrogen and oxygen atoms in total. The summed E-state index contributed by atoms with van der Waals surface area (Å²) in [6.07, 6.45) is 0.248. The number of fused-ring (bicyclic) bond motifs is 1. The number of nitrogens with zero attached hydrogens (tertiary/aromatic N) is 1. The van der Waals surface area contributed by atoms with Gasteiger partial charge in [0.2, 0.25) is 0 Å². The highest BCUT2D eigenvalue weighted by atomic mass is 15.3. The molecule has 0 saturated carbocycles. The summed E-state index contributed by atoms with van der Waals surface area (Å²) in [7, 11) is 0. The van der Waals surface area contributed by atoms with Crippen molar-refractivity contribution >= 4 is 17.1 Å². The molecule has 0 saturated heterocycles. The van der Waals surface area contributed by atoms with Crippen LogP contribution in [0, 0.1) is 19.1 Å². The summed E-state index contributed by atoms with van der Waals surface area (Å²) in [6.45, 7) is 4.28. The van der Waals surface area contributed by atoms with Gasteiger partial charge in [0, 0.05) is 5.69 Å². The summed E-state index contributed by atoms with van der Waals surface area (Å²) >= 11 is 0. The molecule has 2 aromatic rings. The average Bonchev–Trinajstić information content (AvgIpc) is 2.66. The maximum Gasteiger partial charge on any atom is 0.118 e. The van der Waals surface area contributed by atoms with Crippen molar-refractivity contribution in [1.82, 2.24) is 0 Å². The number of rotatable bonds is 1. The molecule has 0 unspecified atom stereocenters. The SMILES string of the molecule is Cc1ccccc1N1c2c#cccc2N[C@@H]1C. The van der Waals surface area contributed by atoms with E-state index in [0.29, 0.717) is 0 Å². The number of hydrogen-bond donors (Lipinski definition) is 1. The van der Waals surface area contributed by atoms with Crippen molar-refractivity contribution in [2.75, 3.05) is 10.2 Å². The predicted molar refractivity (Wildman–Crippen MR) is 70.5 cm³/mol. The lowest BCUT2D eigenvalue weighted by Gasteiger charge is -2.24. The first-order valence-corrected chi connectivity index (χ1v) is 5.81. The van der Waals surface area contributed by atoms with Gasteiger partial charge in [-0.3, -0.25) is 0 Å². The molecule has 1 aliphatic rings. The van der Waals surface area contributed by atoms with E-state index >= 15 is 0 Å². The minimum atomic E-state index is 0.248. The lowest BCUT2D eigenvalue weighted by atomic mass is 10.1. The Balaban J connectivity index is 2.13. The van der Waals surface area contributed by atoms with Crippen LogP contribution in [0.1, 0.15) is 12.5 Å². The van der Waals surface area contributed by atoms with Crippen LogP contribution in [0.15, 0.2) is 36.4 Å². The summed E-state index contributed by atoms with van der Waals surface area (Å²) in [5, 5.41) is 3.45.